The molecule has 252 valence electrons. The van der Waals surface area contributed by atoms with Gasteiger partial charge in [-0.15, -0.1) is 11.3 Å². The molecule has 0 bridgehead atoms. The van der Waals surface area contributed by atoms with Crippen molar-refractivity contribution in [3.05, 3.63) is 176 Å². The van der Waals surface area contributed by atoms with Crippen molar-refractivity contribution >= 4 is 64.2 Å². The fourth-order valence-electron chi connectivity index (χ4n) is 7.76. The fourth-order valence-corrected chi connectivity index (χ4v) is 9.12. The molecule has 0 amide bonds. The van der Waals surface area contributed by atoms with Crippen LogP contribution in [0.4, 0.5) is 0 Å². The van der Waals surface area contributed by atoms with E-state index in [-0.39, 0.29) is 0 Å². The van der Waals surface area contributed by atoms with Crippen molar-refractivity contribution in [2.75, 3.05) is 0 Å². The summed E-state index contributed by atoms with van der Waals surface area (Å²) in [7, 11) is 0. The summed E-state index contributed by atoms with van der Waals surface area (Å²) >= 11 is 1.87. The number of para-hydroxylation sites is 1. The van der Waals surface area contributed by atoms with Crippen LogP contribution in [0, 0.1) is 0 Å². The molecule has 3 aromatic heterocycles. The highest BCUT2D eigenvalue weighted by Gasteiger charge is 2.18. The van der Waals surface area contributed by atoms with E-state index in [9.17, 15) is 0 Å². The minimum Gasteiger partial charge on any atom is -0.456 e. The van der Waals surface area contributed by atoms with E-state index in [0.29, 0.717) is 17.5 Å². The molecule has 8 aromatic carbocycles. The number of furan rings is 1. The van der Waals surface area contributed by atoms with Gasteiger partial charge in [0.1, 0.15) is 11.2 Å². The summed E-state index contributed by atoms with van der Waals surface area (Å²) in [6.45, 7) is 0. The number of nitrogens with zero attached hydrogens (tertiary/aromatic N) is 3. The lowest BCUT2D eigenvalue weighted by atomic mass is 9.96. The van der Waals surface area contributed by atoms with Crippen molar-refractivity contribution in [3.63, 3.8) is 0 Å². The van der Waals surface area contributed by atoms with Gasteiger partial charge in [0.15, 0.2) is 17.5 Å². The Kier molecular flexibility index (Phi) is 7.00. The predicted molar refractivity (Wildman–Crippen MR) is 225 cm³/mol. The monoisotopic (exact) mass is 707 g/mol. The van der Waals surface area contributed by atoms with Crippen LogP contribution in [0.15, 0.2) is 180 Å². The molecule has 11 aromatic rings. The highest BCUT2D eigenvalue weighted by Crippen LogP contribution is 2.45. The van der Waals surface area contributed by atoms with E-state index in [1.807, 2.05) is 65.9 Å². The summed E-state index contributed by atoms with van der Waals surface area (Å²) in [4.78, 5) is 15.2. The Morgan fingerprint density at radius 3 is 1.70 bits per heavy atom. The summed E-state index contributed by atoms with van der Waals surface area (Å²) < 4.78 is 8.80. The lowest BCUT2D eigenvalue weighted by Gasteiger charge is -2.10. The number of aromatic nitrogens is 3. The van der Waals surface area contributed by atoms with Gasteiger partial charge in [0.25, 0.3) is 0 Å². The van der Waals surface area contributed by atoms with E-state index in [0.717, 1.165) is 44.2 Å². The Hall–Kier alpha value is -6.95. The van der Waals surface area contributed by atoms with Crippen LogP contribution in [0.25, 0.3) is 109 Å². The molecule has 0 fully saturated rings. The number of benzene rings is 8. The van der Waals surface area contributed by atoms with Crippen LogP contribution in [-0.4, -0.2) is 15.0 Å². The number of rotatable bonds is 5. The average molecular weight is 708 g/mol. The summed E-state index contributed by atoms with van der Waals surface area (Å²) in [5.41, 5.74) is 9.21. The zero-order valence-electron chi connectivity index (χ0n) is 28.9. The van der Waals surface area contributed by atoms with Gasteiger partial charge in [-0.1, -0.05) is 152 Å². The summed E-state index contributed by atoms with van der Waals surface area (Å²) in [5.74, 6) is 1.84. The first-order valence-corrected chi connectivity index (χ1v) is 18.8. The lowest BCUT2D eigenvalue weighted by molar-refractivity contribution is 0.669. The normalized spacial score (nSPS) is 11.7. The minimum atomic E-state index is 0.596. The second-order valence-corrected chi connectivity index (χ2v) is 14.6. The molecule has 5 heteroatoms. The Balaban J connectivity index is 1.06. The third-order valence-corrected chi connectivity index (χ3v) is 11.6. The minimum absolute atomic E-state index is 0.596. The van der Waals surface area contributed by atoms with Gasteiger partial charge in [-0.2, -0.15) is 0 Å². The van der Waals surface area contributed by atoms with Gasteiger partial charge < -0.3 is 4.42 Å². The third kappa shape index (κ3) is 5.01. The highest BCUT2D eigenvalue weighted by molar-refractivity contribution is 7.26. The number of thiophene rings is 1. The molecular formula is C49H29N3OS. The molecule has 4 nitrogen and oxygen atoms in total. The average Bonchev–Trinajstić information content (AvgIpc) is 3.82. The van der Waals surface area contributed by atoms with E-state index in [4.69, 9.17) is 19.4 Å². The highest BCUT2D eigenvalue weighted by atomic mass is 32.1. The quantitative estimate of drug-likeness (QED) is 0.179. The molecule has 0 aliphatic heterocycles. The van der Waals surface area contributed by atoms with E-state index < -0.39 is 0 Å². The second kappa shape index (κ2) is 12.3. The van der Waals surface area contributed by atoms with E-state index in [1.165, 1.54) is 47.6 Å². The summed E-state index contributed by atoms with van der Waals surface area (Å²) in [6, 6.07) is 61.6. The second-order valence-electron chi connectivity index (χ2n) is 13.6. The van der Waals surface area contributed by atoms with Crippen LogP contribution in [-0.2, 0) is 0 Å². The Bertz CT molecular complexity index is 3230. The van der Waals surface area contributed by atoms with Crippen LogP contribution in [0.5, 0.6) is 0 Å². The first-order valence-electron chi connectivity index (χ1n) is 18.0. The number of hydrogen-bond acceptors (Lipinski definition) is 5. The van der Waals surface area contributed by atoms with Crippen LogP contribution in [0.3, 0.4) is 0 Å². The van der Waals surface area contributed by atoms with Gasteiger partial charge in [0.05, 0.1) is 0 Å². The molecule has 0 spiro atoms. The van der Waals surface area contributed by atoms with Crippen LogP contribution >= 0.6 is 11.3 Å². The van der Waals surface area contributed by atoms with Crippen molar-refractivity contribution < 1.29 is 4.42 Å². The first-order chi connectivity index (χ1) is 26.7. The third-order valence-electron chi connectivity index (χ3n) is 10.3. The molecule has 0 atom stereocenters. The van der Waals surface area contributed by atoms with Crippen molar-refractivity contribution in [2.45, 2.75) is 0 Å². The maximum Gasteiger partial charge on any atom is 0.164 e. The summed E-state index contributed by atoms with van der Waals surface area (Å²) in [6.07, 6.45) is 0. The molecule has 3 heterocycles. The van der Waals surface area contributed by atoms with Gasteiger partial charge in [0, 0.05) is 53.2 Å². The van der Waals surface area contributed by atoms with Crippen molar-refractivity contribution in [1.82, 2.24) is 15.0 Å². The van der Waals surface area contributed by atoms with Gasteiger partial charge in [-0.3, -0.25) is 0 Å². The zero-order chi connectivity index (χ0) is 35.6. The molecule has 0 unspecified atom stereocenters. The van der Waals surface area contributed by atoms with E-state index >= 15 is 0 Å². The molecule has 0 aliphatic rings. The smallest absolute Gasteiger partial charge is 0.164 e. The fraction of sp³-hybridized carbons (Fsp3) is 0. The maximum absolute atomic E-state index is 6.25. The van der Waals surface area contributed by atoms with Crippen molar-refractivity contribution in [2.24, 2.45) is 0 Å². The largest absolute Gasteiger partial charge is 0.456 e. The SMILES string of the molecule is c1ccc(-c2nc(-c3cccc(-c4cccc5c4sc4c(-c6cccc7ccccc67)cccc45)c3)nc(-c3ccc4c(c3)oc3ccccc34)n2)cc1. The van der Waals surface area contributed by atoms with Gasteiger partial charge in [-0.05, 0) is 51.7 Å². The Labute approximate surface area is 314 Å². The van der Waals surface area contributed by atoms with Crippen LogP contribution in [0.2, 0.25) is 0 Å². The van der Waals surface area contributed by atoms with E-state index in [1.54, 1.807) is 0 Å². The van der Waals surface area contributed by atoms with Gasteiger partial charge in [-0.25, -0.2) is 15.0 Å². The lowest BCUT2D eigenvalue weighted by Crippen LogP contribution is -2.00. The first kappa shape index (κ1) is 30.7. The topological polar surface area (TPSA) is 51.8 Å². The van der Waals surface area contributed by atoms with Crippen molar-refractivity contribution in [3.8, 4) is 56.4 Å². The van der Waals surface area contributed by atoms with E-state index in [2.05, 4.69) is 121 Å². The molecule has 0 N–H and O–H groups in total. The molecule has 11 rings (SSSR count). The Morgan fingerprint density at radius 2 is 0.870 bits per heavy atom. The summed E-state index contributed by atoms with van der Waals surface area (Å²) in [5, 5.41) is 7.21. The molecule has 0 saturated heterocycles. The van der Waals surface area contributed by atoms with Crippen LogP contribution in [0.1, 0.15) is 0 Å². The zero-order valence-corrected chi connectivity index (χ0v) is 29.7. The van der Waals surface area contributed by atoms with Crippen molar-refractivity contribution in [1.29, 1.82) is 0 Å². The molecule has 0 radical (unpaired) electrons. The van der Waals surface area contributed by atoms with Crippen LogP contribution < -0.4 is 0 Å². The molecular weight excluding hydrogens is 679 g/mol. The predicted octanol–water partition coefficient (Wildman–Crippen LogP) is 13.6. The molecule has 0 saturated carbocycles. The number of hydrogen-bond donors (Lipinski definition) is 0. The van der Waals surface area contributed by atoms with Gasteiger partial charge in [0.2, 0.25) is 0 Å². The van der Waals surface area contributed by atoms with Gasteiger partial charge >= 0.3 is 0 Å². The number of fused-ring (bicyclic) bond motifs is 7. The standard InChI is InChI=1S/C49H29N3OS/c1-2-13-31(14-3-1)47-50-48(52-49(51-47)34-26-27-39-38-19-6-7-25-43(38)53-44(39)29-34)33-17-8-16-32(28-33)36-20-10-23-41-42-24-11-22-40(46(42)54-45(36)41)37-21-9-15-30-12-4-5-18-35(30)37/h1-29H. The Morgan fingerprint density at radius 1 is 0.333 bits per heavy atom. The maximum atomic E-state index is 6.25. The molecule has 54 heavy (non-hydrogen) atoms. The molecule has 0 aliphatic carbocycles.